The first-order valence-corrected chi connectivity index (χ1v) is 10.2. The number of ether oxygens (including phenoxy) is 2. The van der Waals surface area contributed by atoms with Gasteiger partial charge in [-0.1, -0.05) is 18.3 Å². The summed E-state index contributed by atoms with van der Waals surface area (Å²) in [5, 5.41) is 3.83. The molecule has 1 N–H and O–H groups in total. The molecule has 0 amide bonds. The molecule has 2 aromatic heterocycles. The van der Waals surface area contributed by atoms with Gasteiger partial charge in [-0.15, -0.1) is 0 Å². The Morgan fingerprint density at radius 1 is 1.31 bits per heavy atom. The fraction of sp³-hybridized carbons (Fsp3) is 0.421. The first-order chi connectivity index (χ1) is 13.8. The standard InChI is InChI=1S/C19H21ClF2N4O2S/c1-4-11(9-19(2,21)22)25-18-26-16-14(27-3)7-13(8-15(16)29-18)28-10-12-5-6-23-17(20)24-12/h5-8,11H,4,9-10H2,1-3H3,(H,25,26). The molecule has 0 aliphatic rings. The Hall–Kier alpha value is -2.26. The van der Waals surface area contributed by atoms with Crippen LogP contribution in [-0.2, 0) is 6.61 Å². The van der Waals surface area contributed by atoms with Crippen LogP contribution in [0.3, 0.4) is 0 Å². The Bertz CT molecular complexity index is 980. The van der Waals surface area contributed by atoms with E-state index in [1.54, 1.807) is 25.4 Å². The highest BCUT2D eigenvalue weighted by Crippen LogP contribution is 2.37. The summed E-state index contributed by atoms with van der Waals surface area (Å²) in [6.45, 7) is 3.00. The Labute approximate surface area is 176 Å². The van der Waals surface area contributed by atoms with Gasteiger partial charge in [-0.3, -0.25) is 0 Å². The fourth-order valence-electron chi connectivity index (χ4n) is 2.79. The summed E-state index contributed by atoms with van der Waals surface area (Å²) < 4.78 is 38.8. The van der Waals surface area contributed by atoms with Crippen molar-refractivity contribution < 1.29 is 18.3 Å². The Morgan fingerprint density at radius 3 is 2.76 bits per heavy atom. The number of thiazole rings is 1. The zero-order valence-electron chi connectivity index (χ0n) is 16.2. The van der Waals surface area contributed by atoms with Crippen LogP contribution in [0.15, 0.2) is 24.4 Å². The third-order valence-electron chi connectivity index (χ3n) is 4.15. The van der Waals surface area contributed by atoms with E-state index in [9.17, 15) is 8.78 Å². The van der Waals surface area contributed by atoms with Gasteiger partial charge in [-0.05, 0) is 37.1 Å². The lowest BCUT2D eigenvalue weighted by Gasteiger charge is -2.20. The highest BCUT2D eigenvalue weighted by atomic mass is 35.5. The van der Waals surface area contributed by atoms with Crippen LogP contribution in [-0.4, -0.2) is 34.0 Å². The monoisotopic (exact) mass is 442 g/mol. The zero-order valence-corrected chi connectivity index (χ0v) is 17.8. The first-order valence-electron chi connectivity index (χ1n) is 9.00. The minimum absolute atomic E-state index is 0.153. The highest BCUT2D eigenvalue weighted by Gasteiger charge is 2.26. The molecule has 1 aromatic carbocycles. The molecule has 0 saturated carbocycles. The van der Waals surface area contributed by atoms with Crippen molar-refractivity contribution in [2.45, 2.75) is 45.3 Å². The van der Waals surface area contributed by atoms with Gasteiger partial charge in [0.1, 0.15) is 23.6 Å². The summed E-state index contributed by atoms with van der Waals surface area (Å²) in [5.41, 5.74) is 1.29. The zero-order chi connectivity index (χ0) is 21.0. The number of rotatable bonds is 9. The molecule has 3 rings (SSSR count). The summed E-state index contributed by atoms with van der Waals surface area (Å²) >= 11 is 7.15. The second-order valence-corrected chi connectivity index (χ2v) is 7.99. The molecular formula is C19H21ClF2N4O2S. The molecule has 1 atom stereocenters. The lowest BCUT2D eigenvalue weighted by Crippen LogP contribution is -2.26. The van der Waals surface area contributed by atoms with Crippen LogP contribution in [0.25, 0.3) is 10.2 Å². The number of nitrogens with one attached hydrogen (secondary N) is 1. The third kappa shape index (κ3) is 5.86. The van der Waals surface area contributed by atoms with Gasteiger partial charge in [0.25, 0.3) is 0 Å². The van der Waals surface area contributed by atoms with Gasteiger partial charge >= 0.3 is 0 Å². The minimum atomic E-state index is -2.74. The van der Waals surface area contributed by atoms with Crippen molar-refractivity contribution in [1.82, 2.24) is 15.0 Å². The number of hydrogen-bond donors (Lipinski definition) is 1. The molecule has 0 radical (unpaired) electrons. The van der Waals surface area contributed by atoms with Crippen LogP contribution in [0.1, 0.15) is 32.4 Å². The van der Waals surface area contributed by atoms with Crippen LogP contribution in [0.2, 0.25) is 5.28 Å². The van der Waals surface area contributed by atoms with Crippen LogP contribution < -0.4 is 14.8 Å². The molecule has 0 aliphatic heterocycles. The minimum Gasteiger partial charge on any atom is -0.494 e. The van der Waals surface area contributed by atoms with E-state index in [1.807, 2.05) is 13.0 Å². The molecule has 1 unspecified atom stereocenters. The number of anilines is 1. The van der Waals surface area contributed by atoms with Crippen molar-refractivity contribution in [3.8, 4) is 11.5 Å². The molecule has 0 fully saturated rings. The number of alkyl halides is 2. The summed E-state index contributed by atoms with van der Waals surface area (Å²) in [4.78, 5) is 12.4. The number of aromatic nitrogens is 3. The smallest absolute Gasteiger partial charge is 0.247 e. The second kappa shape index (κ2) is 9.04. The summed E-state index contributed by atoms with van der Waals surface area (Å²) in [6.07, 6.45) is 1.86. The predicted octanol–water partition coefficient (Wildman–Crippen LogP) is 5.56. The topological polar surface area (TPSA) is 69.2 Å². The van der Waals surface area contributed by atoms with Crippen molar-refractivity contribution in [3.05, 3.63) is 35.4 Å². The maximum atomic E-state index is 13.4. The fourth-order valence-corrected chi connectivity index (χ4v) is 3.94. The number of hydrogen-bond acceptors (Lipinski definition) is 7. The molecule has 2 heterocycles. The van der Waals surface area contributed by atoms with Crippen LogP contribution >= 0.6 is 22.9 Å². The number of fused-ring (bicyclic) bond motifs is 1. The highest BCUT2D eigenvalue weighted by molar-refractivity contribution is 7.22. The molecule has 0 bridgehead atoms. The molecule has 156 valence electrons. The molecule has 10 heteroatoms. The van der Waals surface area contributed by atoms with E-state index >= 15 is 0 Å². The third-order valence-corrected chi connectivity index (χ3v) is 5.26. The van der Waals surface area contributed by atoms with Crippen LogP contribution in [0, 0.1) is 0 Å². The summed E-state index contributed by atoms with van der Waals surface area (Å²) in [7, 11) is 1.54. The molecule has 0 aliphatic carbocycles. The maximum absolute atomic E-state index is 13.4. The number of halogens is 3. The SMILES string of the molecule is CCC(CC(C)(F)F)Nc1nc2c(OC)cc(OCc3ccnc(Cl)n3)cc2s1. The lowest BCUT2D eigenvalue weighted by molar-refractivity contribution is 0.00791. The van der Waals surface area contributed by atoms with E-state index in [-0.39, 0.29) is 24.4 Å². The van der Waals surface area contributed by atoms with Crippen LogP contribution in [0.5, 0.6) is 11.5 Å². The van der Waals surface area contributed by atoms with Gasteiger partial charge in [-0.2, -0.15) is 0 Å². The largest absolute Gasteiger partial charge is 0.494 e. The Kier molecular flexibility index (Phi) is 6.69. The summed E-state index contributed by atoms with van der Waals surface area (Å²) in [5.74, 6) is -1.63. The number of methoxy groups -OCH3 is 1. The van der Waals surface area contributed by atoms with E-state index in [0.29, 0.717) is 34.3 Å². The van der Waals surface area contributed by atoms with E-state index < -0.39 is 5.92 Å². The van der Waals surface area contributed by atoms with Crippen LogP contribution in [0.4, 0.5) is 13.9 Å². The van der Waals surface area contributed by atoms with E-state index in [2.05, 4.69) is 20.3 Å². The van der Waals surface area contributed by atoms with Gasteiger partial charge < -0.3 is 14.8 Å². The van der Waals surface area contributed by atoms with Crippen molar-refractivity contribution in [1.29, 1.82) is 0 Å². The van der Waals surface area contributed by atoms with Gasteiger partial charge in [0.05, 0.1) is 17.5 Å². The number of benzene rings is 1. The summed E-state index contributed by atoms with van der Waals surface area (Å²) in [6, 6.07) is 4.90. The lowest BCUT2D eigenvalue weighted by atomic mass is 10.1. The average Bonchev–Trinajstić information content (AvgIpc) is 3.06. The van der Waals surface area contributed by atoms with Gasteiger partial charge in [0.15, 0.2) is 5.13 Å². The molecule has 0 spiro atoms. The Balaban J connectivity index is 1.80. The van der Waals surface area contributed by atoms with Crippen molar-refractivity contribution in [3.63, 3.8) is 0 Å². The van der Waals surface area contributed by atoms with Gasteiger partial charge in [0, 0.05) is 24.7 Å². The van der Waals surface area contributed by atoms with E-state index in [1.165, 1.54) is 11.3 Å². The molecule has 6 nitrogen and oxygen atoms in total. The molecule has 0 saturated heterocycles. The van der Waals surface area contributed by atoms with Gasteiger partial charge in [0.2, 0.25) is 11.2 Å². The Morgan fingerprint density at radius 2 is 2.10 bits per heavy atom. The normalized spacial score (nSPS) is 12.8. The second-order valence-electron chi connectivity index (χ2n) is 6.62. The quantitative estimate of drug-likeness (QED) is 0.437. The molecule has 3 aromatic rings. The van der Waals surface area contributed by atoms with Gasteiger partial charge in [-0.25, -0.2) is 23.7 Å². The van der Waals surface area contributed by atoms with Crippen molar-refractivity contribution in [2.24, 2.45) is 0 Å². The van der Waals surface area contributed by atoms with E-state index in [4.69, 9.17) is 21.1 Å². The maximum Gasteiger partial charge on any atom is 0.247 e. The van der Waals surface area contributed by atoms with E-state index in [0.717, 1.165) is 11.6 Å². The van der Waals surface area contributed by atoms with Crippen molar-refractivity contribution in [2.75, 3.05) is 12.4 Å². The first kappa shape index (κ1) is 21.4. The van der Waals surface area contributed by atoms with Crippen molar-refractivity contribution >= 4 is 38.3 Å². The average molecular weight is 443 g/mol. The molecule has 29 heavy (non-hydrogen) atoms. The molecular weight excluding hydrogens is 422 g/mol. The number of nitrogens with zero attached hydrogens (tertiary/aromatic N) is 3. The predicted molar refractivity (Wildman–Crippen MR) is 110 cm³/mol.